The van der Waals surface area contributed by atoms with E-state index in [1.165, 1.54) is 0 Å². The van der Waals surface area contributed by atoms with E-state index in [4.69, 9.17) is 0 Å². The van der Waals surface area contributed by atoms with Gasteiger partial charge in [-0.05, 0) is 45.6 Å². The Labute approximate surface area is 147 Å². The van der Waals surface area contributed by atoms with E-state index in [0.29, 0.717) is 24.4 Å². The van der Waals surface area contributed by atoms with Gasteiger partial charge in [-0.2, -0.15) is 5.10 Å². The molecule has 0 saturated heterocycles. The van der Waals surface area contributed by atoms with E-state index in [0.717, 1.165) is 22.0 Å². The number of hydrogen-bond acceptors (Lipinski definition) is 4. The van der Waals surface area contributed by atoms with Crippen molar-refractivity contribution >= 4 is 33.1 Å². The van der Waals surface area contributed by atoms with Crippen LogP contribution in [0.1, 0.15) is 22.5 Å². The Morgan fingerprint density at radius 3 is 2.92 bits per heavy atom. The summed E-state index contributed by atoms with van der Waals surface area (Å²) in [6.45, 7) is 1.27. The van der Waals surface area contributed by atoms with E-state index in [-0.39, 0.29) is 5.91 Å². The zero-order valence-electron chi connectivity index (χ0n) is 12.8. The van der Waals surface area contributed by atoms with Gasteiger partial charge in [0.1, 0.15) is 0 Å². The summed E-state index contributed by atoms with van der Waals surface area (Å²) >= 11 is 3.36. The predicted octanol–water partition coefficient (Wildman–Crippen LogP) is 2.82. The van der Waals surface area contributed by atoms with Gasteiger partial charge in [0.2, 0.25) is 0 Å². The molecule has 4 heterocycles. The second kappa shape index (κ2) is 6.16. The molecule has 0 fully saturated rings. The van der Waals surface area contributed by atoms with Crippen molar-refractivity contribution in [1.82, 2.24) is 24.5 Å². The Morgan fingerprint density at radius 1 is 1.25 bits per heavy atom. The molecule has 0 atom stereocenters. The van der Waals surface area contributed by atoms with Gasteiger partial charge in [0.15, 0.2) is 11.3 Å². The van der Waals surface area contributed by atoms with Crippen molar-refractivity contribution in [3.05, 3.63) is 64.8 Å². The van der Waals surface area contributed by atoms with Gasteiger partial charge in [-0.15, -0.1) is 0 Å². The molecule has 4 rings (SSSR count). The summed E-state index contributed by atoms with van der Waals surface area (Å²) in [4.78, 5) is 22.9. The van der Waals surface area contributed by atoms with Crippen LogP contribution < -0.4 is 0 Å². The first-order chi connectivity index (χ1) is 11.7. The zero-order valence-corrected chi connectivity index (χ0v) is 14.3. The third-order valence-corrected chi connectivity index (χ3v) is 4.40. The van der Waals surface area contributed by atoms with Crippen LogP contribution in [-0.2, 0) is 0 Å². The van der Waals surface area contributed by atoms with E-state index in [1.807, 2.05) is 17.0 Å². The fourth-order valence-corrected chi connectivity index (χ4v) is 3.11. The molecule has 1 aliphatic rings. The van der Waals surface area contributed by atoms with Crippen molar-refractivity contribution in [2.45, 2.75) is 6.42 Å². The van der Waals surface area contributed by atoms with Crippen LogP contribution >= 0.6 is 15.9 Å². The van der Waals surface area contributed by atoms with Gasteiger partial charge >= 0.3 is 0 Å². The van der Waals surface area contributed by atoms with Crippen LogP contribution in [0.25, 0.3) is 11.2 Å². The van der Waals surface area contributed by atoms with Crippen LogP contribution in [0.3, 0.4) is 0 Å². The van der Waals surface area contributed by atoms with Gasteiger partial charge in [0, 0.05) is 43.9 Å². The molecule has 1 amide bonds. The van der Waals surface area contributed by atoms with Crippen LogP contribution in [0.5, 0.6) is 0 Å². The minimum absolute atomic E-state index is 0.0729. The molecule has 1 aliphatic heterocycles. The molecule has 0 spiro atoms. The second-order valence-electron chi connectivity index (χ2n) is 5.59. The molecular weight excluding hydrogens is 370 g/mol. The van der Waals surface area contributed by atoms with Crippen LogP contribution in [0.2, 0.25) is 0 Å². The van der Waals surface area contributed by atoms with E-state index in [1.54, 1.807) is 35.4 Å². The molecule has 0 radical (unpaired) electrons. The molecule has 0 aromatic carbocycles. The van der Waals surface area contributed by atoms with Crippen molar-refractivity contribution in [3.63, 3.8) is 0 Å². The molecule has 0 bridgehead atoms. The van der Waals surface area contributed by atoms with Crippen molar-refractivity contribution in [1.29, 1.82) is 0 Å². The van der Waals surface area contributed by atoms with Crippen molar-refractivity contribution in [3.8, 4) is 0 Å². The summed E-state index contributed by atoms with van der Waals surface area (Å²) in [7, 11) is 0. The van der Waals surface area contributed by atoms with E-state index < -0.39 is 0 Å². The fourth-order valence-electron chi connectivity index (χ4n) is 2.81. The number of halogens is 1. The lowest BCUT2D eigenvalue weighted by atomic mass is 10.0. The highest BCUT2D eigenvalue weighted by molar-refractivity contribution is 9.10. The van der Waals surface area contributed by atoms with Crippen LogP contribution in [0.15, 0.2) is 53.5 Å². The number of carbonyl (C=O) groups excluding carboxylic acids is 1. The van der Waals surface area contributed by atoms with Crippen LogP contribution in [0, 0.1) is 0 Å². The number of hydrogen-bond donors (Lipinski definition) is 0. The van der Waals surface area contributed by atoms with E-state index >= 15 is 0 Å². The SMILES string of the molecule is O=C(c1cc2ncc(Br)cn2n1)N1CCC=C(c2ccncc2)C1. The van der Waals surface area contributed by atoms with Gasteiger partial charge < -0.3 is 4.90 Å². The molecule has 0 aliphatic carbocycles. The first-order valence-corrected chi connectivity index (χ1v) is 8.39. The van der Waals surface area contributed by atoms with Gasteiger partial charge in [0.05, 0.1) is 4.47 Å². The van der Waals surface area contributed by atoms with Crippen LogP contribution in [0.4, 0.5) is 0 Å². The lowest BCUT2D eigenvalue weighted by Crippen LogP contribution is -2.35. The molecule has 7 heteroatoms. The van der Waals surface area contributed by atoms with E-state index in [9.17, 15) is 4.79 Å². The third-order valence-electron chi connectivity index (χ3n) is 3.99. The lowest BCUT2D eigenvalue weighted by Gasteiger charge is -2.27. The second-order valence-corrected chi connectivity index (χ2v) is 6.50. The maximum Gasteiger partial charge on any atom is 0.274 e. The molecular formula is C17H14BrN5O. The van der Waals surface area contributed by atoms with Gasteiger partial charge in [-0.25, -0.2) is 9.50 Å². The molecule has 0 N–H and O–H groups in total. The molecule has 3 aromatic rings. The largest absolute Gasteiger partial charge is 0.333 e. The number of fused-ring (bicyclic) bond motifs is 1. The Morgan fingerprint density at radius 2 is 2.08 bits per heavy atom. The average molecular weight is 384 g/mol. The highest BCUT2D eigenvalue weighted by Gasteiger charge is 2.22. The van der Waals surface area contributed by atoms with E-state index in [2.05, 4.69) is 37.1 Å². The Balaban J connectivity index is 1.59. The van der Waals surface area contributed by atoms with Gasteiger partial charge in [-0.3, -0.25) is 9.78 Å². The van der Waals surface area contributed by atoms with Gasteiger partial charge in [0.25, 0.3) is 5.91 Å². The minimum atomic E-state index is -0.0729. The summed E-state index contributed by atoms with van der Waals surface area (Å²) in [6, 6.07) is 5.65. The molecule has 0 saturated carbocycles. The molecule has 24 heavy (non-hydrogen) atoms. The number of aromatic nitrogens is 4. The first kappa shape index (κ1) is 15.0. The molecule has 3 aromatic heterocycles. The highest BCUT2D eigenvalue weighted by Crippen LogP contribution is 2.21. The third kappa shape index (κ3) is 2.82. The maximum absolute atomic E-state index is 12.8. The summed E-state index contributed by atoms with van der Waals surface area (Å²) in [6.07, 6.45) is 10.0. The van der Waals surface area contributed by atoms with Gasteiger partial charge in [-0.1, -0.05) is 6.08 Å². The summed E-state index contributed by atoms with van der Waals surface area (Å²) in [5.41, 5.74) is 3.31. The summed E-state index contributed by atoms with van der Waals surface area (Å²) in [5, 5.41) is 4.35. The van der Waals surface area contributed by atoms with Crippen molar-refractivity contribution < 1.29 is 4.79 Å². The quantitative estimate of drug-likeness (QED) is 0.682. The topological polar surface area (TPSA) is 63.4 Å². The monoisotopic (exact) mass is 383 g/mol. The maximum atomic E-state index is 12.8. The molecule has 120 valence electrons. The number of amides is 1. The number of carbonyl (C=O) groups is 1. The standard InChI is InChI=1S/C17H14BrN5O/c18-14-9-20-16-8-15(21-23(16)11-14)17(24)22-7-1-2-13(10-22)12-3-5-19-6-4-12/h2-6,8-9,11H,1,7,10H2. The number of pyridine rings is 1. The highest BCUT2D eigenvalue weighted by atomic mass is 79.9. The Bertz CT molecular complexity index is 935. The average Bonchev–Trinajstić information content (AvgIpc) is 3.05. The molecule has 6 nitrogen and oxygen atoms in total. The molecule has 0 unspecified atom stereocenters. The van der Waals surface area contributed by atoms with Crippen LogP contribution in [-0.4, -0.2) is 43.5 Å². The lowest BCUT2D eigenvalue weighted by molar-refractivity contribution is 0.0768. The normalized spacial score (nSPS) is 14.7. The first-order valence-electron chi connectivity index (χ1n) is 7.60. The Kier molecular flexibility index (Phi) is 3.86. The zero-order chi connectivity index (χ0) is 16.5. The number of nitrogens with zero attached hydrogens (tertiary/aromatic N) is 5. The Hall–Kier alpha value is -2.54. The fraction of sp³-hybridized carbons (Fsp3) is 0.176. The smallest absolute Gasteiger partial charge is 0.274 e. The predicted molar refractivity (Wildman–Crippen MR) is 93.4 cm³/mol. The summed E-state index contributed by atoms with van der Waals surface area (Å²) < 4.78 is 2.43. The minimum Gasteiger partial charge on any atom is -0.333 e. The van der Waals surface area contributed by atoms with Crippen molar-refractivity contribution in [2.75, 3.05) is 13.1 Å². The summed E-state index contributed by atoms with van der Waals surface area (Å²) in [5.74, 6) is -0.0729. The van der Waals surface area contributed by atoms with Crippen molar-refractivity contribution in [2.24, 2.45) is 0 Å². The number of rotatable bonds is 2.